The second-order valence-electron chi connectivity index (χ2n) is 10.1. The van der Waals surface area contributed by atoms with Gasteiger partial charge in [0.1, 0.15) is 11.8 Å². The Balaban J connectivity index is 1.29. The van der Waals surface area contributed by atoms with E-state index in [4.69, 9.17) is 15.6 Å². The number of likely N-dealkylation sites (N-methyl/N-ethyl adjacent to an activating group) is 1. The van der Waals surface area contributed by atoms with Crippen molar-refractivity contribution in [2.24, 2.45) is 34.8 Å². The zero-order valence-electron chi connectivity index (χ0n) is 18.4. The molecule has 172 valence electrons. The predicted octanol–water partition coefficient (Wildman–Crippen LogP) is 0.983. The molecule has 4 fully saturated rings. The summed E-state index contributed by atoms with van der Waals surface area (Å²) < 4.78 is 5.77. The summed E-state index contributed by atoms with van der Waals surface area (Å²) in [5.41, 5.74) is 6.32. The maximum absolute atomic E-state index is 13.5. The number of nitrogens with two attached hydrogens (primary N) is 1. The van der Waals surface area contributed by atoms with Crippen LogP contribution in [0, 0.1) is 29.1 Å². The molecule has 1 aromatic rings. The largest absolute Gasteiger partial charge is 0.480 e. The molecule has 8 nitrogen and oxygen atoms in total. The van der Waals surface area contributed by atoms with E-state index in [0.717, 1.165) is 51.0 Å². The van der Waals surface area contributed by atoms with Gasteiger partial charge in [-0.25, -0.2) is 0 Å². The molecule has 0 aromatic heterocycles. The maximum Gasteiger partial charge on any atom is 0.320 e. The van der Waals surface area contributed by atoms with Gasteiger partial charge in [0.05, 0.1) is 11.8 Å². The zero-order chi connectivity index (χ0) is 22.6. The lowest BCUT2D eigenvalue weighted by molar-refractivity contribution is -0.154. The molecular weight excluding hydrogens is 410 g/mol. The molecule has 3 aliphatic carbocycles. The lowest BCUT2D eigenvalue weighted by Gasteiger charge is -2.39. The van der Waals surface area contributed by atoms with E-state index in [1.54, 1.807) is 24.3 Å². The van der Waals surface area contributed by atoms with Crippen molar-refractivity contribution < 1.29 is 24.2 Å². The average Bonchev–Trinajstić information content (AvgIpc) is 3.29. The fourth-order valence-corrected chi connectivity index (χ4v) is 6.56. The zero-order valence-corrected chi connectivity index (χ0v) is 18.4. The molecule has 5 rings (SSSR count). The number of carboxylic acids is 1. The number of esters is 1. The number of carbonyl (C=O) groups excluding carboxylic acids is 2. The Morgan fingerprint density at radius 1 is 1.19 bits per heavy atom. The minimum Gasteiger partial charge on any atom is -0.480 e. The highest BCUT2D eigenvalue weighted by atomic mass is 16.5. The molecule has 1 saturated heterocycles. The van der Waals surface area contributed by atoms with Gasteiger partial charge in [0, 0.05) is 26.2 Å². The van der Waals surface area contributed by atoms with Gasteiger partial charge in [-0.05, 0) is 67.7 Å². The highest BCUT2D eigenvalue weighted by molar-refractivity contribution is 5.89. The van der Waals surface area contributed by atoms with Crippen LogP contribution in [0.2, 0.25) is 0 Å². The van der Waals surface area contributed by atoms with Gasteiger partial charge in [0.25, 0.3) is 0 Å². The minimum atomic E-state index is -1.05. The van der Waals surface area contributed by atoms with Crippen LogP contribution in [0.3, 0.4) is 0 Å². The van der Waals surface area contributed by atoms with E-state index in [-0.39, 0.29) is 35.5 Å². The molecular formula is C24H31N3O5. The second kappa shape index (κ2) is 7.85. The van der Waals surface area contributed by atoms with Crippen LogP contribution in [0.15, 0.2) is 24.3 Å². The third kappa shape index (κ3) is 3.49. The van der Waals surface area contributed by atoms with Gasteiger partial charge in [-0.3, -0.25) is 14.4 Å². The third-order valence-corrected chi connectivity index (χ3v) is 8.35. The summed E-state index contributed by atoms with van der Waals surface area (Å²) in [4.78, 5) is 41.9. The van der Waals surface area contributed by atoms with Crippen molar-refractivity contribution in [1.82, 2.24) is 9.80 Å². The molecule has 1 aromatic carbocycles. The number of nitrogens with zero attached hydrogens (tertiary/aromatic N) is 2. The molecule has 8 heteroatoms. The van der Waals surface area contributed by atoms with Crippen molar-refractivity contribution >= 4 is 17.8 Å². The molecule has 1 amide bonds. The molecule has 2 bridgehead atoms. The Hall–Kier alpha value is -2.45. The predicted molar refractivity (Wildman–Crippen MR) is 116 cm³/mol. The molecule has 4 aliphatic rings. The number of carbonyl (C=O) groups is 3. The Morgan fingerprint density at radius 2 is 1.88 bits per heavy atom. The van der Waals surface area contributed by atoms with Crippen LogP contribution in [-0.2, 0) is 20.8 Å². The van der Waals surface area contributed by atoms with E-state index in [1.807, 2.05) is 4.90 Å². The van der Waals surface area contributed by atoms with Gasteiger partial charge in [-0.2, -0.15) is 0 Å². The van der Waals surface area contributed by atoms with E-state index < -0.39 is 12.0 Å². The third-order valence-electron chi connectivity index (χ3n) is 8.35. The van der Waals surface area contributed by atoms with Gasteiger partial charge >= 0.3 is 11.9 Å². The van der Waals surface area contributed by atoms with E-state index in [2.05, 4.69) is 11.9 Å². The van der Waals surface area contributed by atoms with Crippen molar-refractivity contribution in [1.29, 1.82) is 0 Å². The Morgan fingerprint density at radius 3 is 2.50 bits per heavy atom. The average molecular weight is 442 g/mol. The number of rotatable bonds is 6. The Labute approximate surface area is 187 Å². The molecule has 0 spiro atoms. The van der Waals surface area contributed by atoms with E-state index in [9.17, 15) is 14.4 Å². The Bertz CT molecular complexity index is 926. The summed E-state index contributed by atoms with van der Waals surface area (Å²) in [5, 5.41) is 8.97. The van der Waals surface area contributed by atoms with Gasteiger partial charge in [0.15, 0.2) is 0 Å². The summed E-state index contributed by atoms with van der Waals surface area (Å²) in [6.45, 7) is 3.17. The summed E-state index contributed by atoms with van der Waals surface area (Å²) in [5.74, 6) is -0.617. The molecule has 3 N–H and O–H groups in total. The summed E-state index contributed by atoms with van der Waals surface area (Å²) in [7, 11) is 2.06. The van der Waals surface area contributed by atoms with Crippen LogP contribution in [0.1, 0.15) is 24.8 Å². The van der Waals surface area contributed by atoms with Crippen molar-refractivity contribution in [2.75, 3.05) is 33.2 Å². The van der Waals surface area contributed by atoms with Crippen molar-refractivity contribution in [3.8, 4) is 5.75 Å². The molecule has 0 radical (unpaired) electrons. The van der Waals surface area contributed by atoms with Crippen LogP contribution < -0.4 is 10.5 Å². The fourth-order valence-electron chi connectivity index (χ4n) is 6.56. The molecule has 6 atom stereocenters. The van der Waals surface area contributed by atoms with E-state index >= 15 is 0 Å². The number of piperazine rings is 1. The van der Waals surface area contributed by atoms with Crippen LogP contribution in [0.4, 0.5) is 0 Å². The number of benzene rings is 1. The molecule has 1 heterocycles. The van der Waals surface area contributed by atoms with Gasteiger partial charge < -0.3 is 25.4 Å². The lowest BCUT2D eigenvalue weighted by Crippen LogP contribution is -2.52. The number of hydrogen-bond donors (Lipinski definition) is 2. The summed E-state index contributed by atoms with van der Waals surface area (Å²) in [6.07, 6.45) is 3.30. The van der Waals surface area contributed by atoms with Gasteiger partial charge in [0.2, 0.25) is 5.91 Å². The second-order valence-corrected chi connectivity index (χ2v) is 10.1. The summed E-state index contributed by atoms with van der Waals surface area (Å²) >= 11 is 0. The van der Waals surface area contributed by atoms with E-state index in [1.165, 1.54) is 0 Å². The smallest absolute Gasteiger partial charge is 0.320 e. The van der Waals surface area contributed by atoms with Crippen LogP contribution in [0.25, 0.3) is 0 Å². The van der Waals surface area contributed by atoms with Crippen LogP contribution in [-0.4, -0.2) is 72.0 Å². The number of hydrogen-bond acceptors (Lipinski definition) is 6. The maximum atomic E-state index is 13.5. The monoisotopic (exact) mass is 441 g/mol. The molecule has 1 aliphatic heterocycles. The van der Waals surface area contributed by atoms with Gasteiger partial charge in [-0.15, -0.1) is 0 Å². The first-order valence-corrected chi connectivity index (χ1v) is 11.6. The minimum absolute atomic E-state index is 0.0388. The normalized spacial score (nSPS) is 34.1. The van der Waals surface area contributed by atoms with E-state index in [0.29, 0.717) is 17.6 Å². The van der Waals surface area contributed by atoms with Crippen molar-refractivity contribution in [3.63, 3.8) is 0 Å². The summed E-state index contributed by atoms with van der Waals surface area (Å²) in [6, 6.07) is 5.85. The lowest BCUT2D eigenvalue weighted by atomic mass is 9.71. The standard InChI is InChI=1S/C24H31N3O5/c1-26-8-10-27(11-9-26)21(28)19-16-6-7-24(13-17(16)24)20(19)23(31)32-15-4-2-14(3-5-15)12-18(25)22(29)30/h2-5,16-20H,6-13,25H2,1H3,(H,29,30). The van der Waals surface area contributed by atoms with Crippen molar-refractivity contribution in [3.05, 3.63) is 29.8 Å². The number of carboxylic acid groups (broad SMARTS) is 1. The number of ether oxygens (including phenoxy) is 1. The molecule has 32 heavy (non-hydrogen) atoms. The SMILES string of the molecule is CN1CCN(C(=O)C2C3CCC4(CC34)C2C(=O)Oc2ccc(CC(N)C(=O)O)cc2)CC1. The number of amides is 1. The highest BCUT2D eigenvalue weighted by Gasteiger charge is 2.77. The quantitative estimate of drug-likeness (QED) is 0.500. The van der Waals surface area contributed by atoms with Crippen molar-refractivity contribution in [2.45, 2.75) is 31.7 Å². The molecule has 6 unspecified atom stereocenters. The first kappa shape index (κ1) is 21.4. The first-order valence-electron chi connectivity index (χ1n) is 11.6. The number of aliphatic carboxylic acids is 1. The first-order chi connectivity index (χ1) is 15.3. The Kier molecular flexibility index (Phi) is 5.25. The topological polar surface area (TPSA) is 113 Å². The van der Waals surface area contributed by atoms with Crippen LogP contribution in [0.5, 0.6) is 5.75 Å². The fraction of sp³-hybridized carbons (Fsp3) is 0.625. The van der Waals surface area contributed by atoms with Crippen LogP contribution >= 0.6 is 0 Å². The molecule has 3 saturated carbocycles. The highest BCUT2D eigenvalue weighted by Crippen LogP contribution is 2.79. The van der Waals surface area contributed by atoms with Gasteiger partial charge in [-0.1, -0.05) is 12.1 Å².